The molecule has 0 amide bonds. The number of ether oxygens (including phenoxy) is 6. The summed E-state index contributed by atoms with van der Waals surface area (Å²) in [5.41, 5.74) is -6.22. The van der Waals surface area contributed by atoms with Gasteiger partial charge in [-0.2, -0.15) is 0 Å². The SMILES string of the molecule is CC(=O)OCC(=O)O[C@@H]1[C@H]2[C@@H](Oc3ccccc3)[C@@H](C)C[C@]2(O)C(OC(C)=O)[C@@]2(C)C3=C(C[C@]1(OC(C)=O)C2OC(C)=O)C(=O)C(C)(C)C3. The lowest BCUT2D eigenvalue weighted by molar-refractivity contribution is -0.238. The van der Waals surface area contributed by atoms with Crippen molar-refractivity contribution in [2.45, 2.75) is 110 Å². The maximum atomic E-state index is 14.2. The van der Waals surface area contributed by atoms with E-state index in [-0.39, 0.29) is 30.6 Å². The fourth-order valence-corrected chi connectivity index (χ4v) is 8.95. The van der Waals surface area contributed by atoms with Gasteiger partial charge in [0.05, 0.1) is 11.3 Å². The average molecular weight is 685 g/mol. The van der Waals surface area contributed by atoms with Gasteiger partial charge in [-0.25, -0.2) is 4.79 Å². The molecule has 0 aliphatic heterocycles. The van der Waals surface area contributed by atoms with Crippen molar-refractivity contribution < 1.29 is 62.3 Å². The van der Waals surface area contributed by atoms with Crippen molar-refractivity contribution >= 4 is 35.6 Å². The van der Waals surface area contributed by atoms with E-state index in [2.05, 4.69) is 0 Å². The van der Waals surface area contributed by atoms with Crippen molar-refractivity contribution in [3.63, 3.8) is 0 Å². The Balaban J connectivity index is 1.88. The minimum atomic E-state index is -2.16. The number of carbonyl (C=O) groups is 6. The van der Waals surface area contributed by atoms with Crippen LogP contribution in [0.15, 0.2) is 41.5 Å². The number of ketones is 1. The number of rotatable bonds is 8. The molecular formula is C36H44O13. The van der Waals surface area contributed by atoms with Crippen molar-refractivity contribution in [2.24, 2.45) is 22.7 Å². The largest absolute Gasteiger partial charge is 0.490 e. The second-order valence-corrected chi connectivity index (χ2v) is 14.6. The van der Waals surface area contributed by atoms with Crippen LogP contribution in [0.2, 0.25) is 0 Å². The molecule has 4 aliphatic carbocycles. The molecule has 266 valence electrons. The summed E-state index contributed by atoms with van der Waals surface area (Å²) in [5, 5.41) is 13.2. The first-order valence-corrected chi connectivity index (χ1v) is 16.4. The van der Waals surface area contributed by atoms with Crippen LogP contribution in [-0.2, 0) is 52.5 Å². The summed E-state index contributed by atoms with van der Waals surface area (Å²) in [6.07, 6.45) is -6.04. The highest BCUT2D eigenvalue weighted by atomic mass is 16.6. The third kappa shape index (κ3) is 6.00. The molecule has 1 N–H and O–H groups in total. The first-order chi connectivity index (χ1) is 22.8. The maximum absolute atomic E-state index is 14.2. The van der Waals surface area contributed by atoms with Crippen molar-refractivity contribution in [1.29, 1.82) is 0 Å². The van der Waals surface area contributed by atoms with Crippen molar-refractivity contribution in [1.82, 2.24) is 0 Å². The Morgan fingerprint density at radius 1 is 0.837 bits per heavy atom. The van der Waals surface area contributed by atoms with Gasteiger partial charge < -0.3 is 33.5 Å². The van der Waals surface area contributed by atoms with Gasteiger partial charge in [-0.1, -0.05) is 39.0 Å². The minimum absolute atomic E-state index is 0.0659. The summed E-state index contributed by atoms with van der Waals surface area (Å²) in [6, 6.07) is 8.69. The lowest BCUT2D eigenvalue weighted by Gasteiger charge is -2.54. The van der Waals surface area contributed by atoms with Crippen LogP contribution < -0.4 is 4.74 Å². The average Bonchev–Trinajstić information content (AvgIpc) is 3.37. The van der Waals surface area contributed by atoms with Gasteiger partial charge in [0.15, 0.2) is 30.2 Å². The third-order valence-corrected chi connectivity index (χ3v) is 10.5. The van der Waals surface area contributed by atoms with Crippen LogP contribution in [0.1, 0.15) is 74.7 Å². The van der Waals surface area contributed by atoms with Crippen LogP contribution in [0.25, 0.3) is 0 Å². The molecule has 2 bridgehead atoms. The number of hydrogen-bond donors (Lipinski definition) is 1. The van der Waals surface area contributed by atoms with Gasteiger partial charge in [0.1, 0.15) is 23.6 Å². The van der Waals surface area contributed by atoms with Crippen molar-refractivity contribution in [3.05, 3.63) is 41.5 Å². The predicted molar refractivity (Wildman–Crippen MR) is 168 cm³/mol. The summed E-state index contributed by atoms with van der Waals surface area (Å²) < 4.78 is 36.0. The number of esters is 5. The Bertz CT molecular complexity index is 1600. The molecule has 0 aromatic heterocycles. The van der Waals surface area contributed by atoms with E-state index in [1.165, 1.54) is 6.92 Å². The Morgan fingerprint density at radius 2 is 1.45 bits per heavy atom. The molecule has 5 rings (SSSR count). The topological polar surface area (TPSA) is 178 Å². The molecule has 0 spiro atoms. The smallest absolute Gasteiger partial charge is 0.344 e. The highest BCUT2D eigenvalue weighted by molar-refractivity contribution is 6.04. The van der Waals surface area contributed by atoms with Gasteiger partial charge in [-0.3, -0.25) is 24.0 Å². The van der Waals surface area contributed by atoms with Crippen LogP contribution in [-0.4, -0.2) is 83.0 Å². The monoisotopic (exact) mass is 684 g/mol. The zero-order chi connectivity index (χ0) is 36.3. The Labute approximate surface area is 284 Å². The van der Waals surface area contributed by atoms with Gasteiger partial charge in [0.25, 0.3) is 0 Å². The minimum Gasteiger partial charge on any atom is -0.490 e. The molecule has 1 aromatic rings. The van der Waals surface area contributed by atoms with E-state index in [1.807, 2.05) is 6.92 Å². The van der Waals surface area contributed by atoms with E-state index < -0.39 is 94.7 Å². The summed E-state index contributed by atoms with van der Waals surface area (Å²) in [5.74, 6) is -5.98. The molecule has 0 radical (unpaired) electrons. The first-order valence-electron chi connectivity index (χ1n) is 16.4. The van der Waals surface area contributed by atoms with E-state index in [0.717, 1.165) is 20.8 Å². The van der Waals surface area contributed by atoms with Crippen LogP contribution in [0.5, 0.6) is 5.75 Å². The van der Waals surface area contributed by atoms with E-state index in [9.17, 15) is 33.9 Å². The molecule has 13 heteroatoms. The zero-order valence-corrected chi connectivity index (χ0v) is 29.0. The standard InChI is InChI=1S/C36H44O13/c1-18-14-35(43)27(28(18)47-23-12-10-9-11-13-23)30(48-26(41)17-44-19(2)37)36(49-22(5)40)15-24-25(16-33(6,7)29(24)42)34(8,31(35)45-20(3)38)32(36)46-21(4)39/h9-13,18,27-28,30-32,43H,14-17H2,1-8H3/t18-,27+,28-,30+,31?,32?,34+,35+,36+/m0/s1. The van der Waals surface area contributed by atoms with Crippen molar-refractivity contribution in [3.8, 4) is 5.75 Å². The number of fused-ring (bicyclic) bond motifs is 4. The fourth-order valence-electron chi connectivity index (χ4n) is 8.95. The van der Waals surface area contributed by atoms with Gasteiger partial charge in [-0.05, 0) is 43.4 Å². The van der Waals surface area contributed by atoms with E-state index >= 15 is 0 Å². The number of Topliss-reactive ketones (excluding diaryl/α,β-unsaturated/α-hetero) is 1. The van der Waals surface area contributed by atoms with Crippen LogP contribution in [0.3, 0.4) is 0 Å². The van der Waals surface area contributed by atoms with Crippen LogP contribution in [0.4, 0.5) is 0 Å². The Morgan fingerprint density at radius 3 is 2.02 bits per heavy atom. The summed E-state index contributed by atoms with van der Waals surface area (Å²) in [4.78, 5) is 78.7. The highest BCUT2D eigenvalue weighted by Crippen LogP contribution is 2.67. The summed E-state index contributed by atoms with van der Waals surface area (Å²) >= 11 is 0. The molecule has 9 atom stereocenters. The van der Waals surface area contributed by atoms with Crippen LogP contribution in [0, 0.1) is 22.7 Å². The van der Waals surface area contributed by atoms with Crippen molar-refractivity contribution in [2.75, 3.05) is 6.61 Å². The normalized spacial score (nSPS) is 35.7. The third-order valence-electron chi connectivity index (χ3n) is 10.5. The van der Waals surface area contributed by atoms with Gasteiger partial charge in [0.2, 0.25) is 0 Å². The second kappa shape index (κ2) is 12.6. The molecule has 0 heterocycles. The predicted octanol–water partition coefficient (Wildman–Crippen LogP) is 3.18. The molecular weight excluding hydrogens is 640 g/mol. The van der Waals surface area contributed by atoms with Gasteiger partial charge in [-0.15, -0.1) is 0 Å². The first kappa shape index (κ1) is 36.0. The highest BCUT2D eigenvalue weighted by Gasteiger charge is 2.80. The lowest BCUT2D eigenvalue weighted by Crippen LogP contribution is -2.67. The maximum Gasteiger partial charge on any atom is 0.344 e. The molecule has 2 fully saturated rings. The Kier molecular flexibility index (Phi) is 9.24. The van der Waals surface area contributed by atoms with E-state index in [4.69, 9.17) is 28.4 Å². The number of benzene rings is 1. The van der Waals surface area contributed by atoms with Crippen LogP contribution >= 0.6 is 0 Å². The molecule has 2 saturated carbocycles. The summed E-state index contributed by atoms with van der Waals surface area (Å²) in [7, 11) is 0. The van der Waals surface area contributed by atoms with E-state index in [0.29, 0.717) is 11.3 Å². The molecule has 4 aliphatic rings. The van der Waals surface area contributed by atoms with Gasteiger partial charge in [0, 0.05) is 45.1 Å². The quantitative estimate of drug-likeness (QED) is 0.312. The molecule has 2 unspecified atom stereocenters. The molecule has 0 saturated heterocycles. The zero-order valence-electron chi connectivity index (χ0n) is 29.0. The number of para-hydroxylation sites is 1. The molecule has 13 nitrogen and oxygen atoms in total. The molecule has 1 aromatic carbocycles. The second-order valence-electron chi connectivity index (χ2n) is 14.6. The molecule has 49 heavy (non-hydrogen) atoms. The number of aliphatic hydroxyl groups is 1. The number of carbonyl (C=O) groups excluding carboxylic acids is 6. The Hall–Kier alpha value is -4.26. The fraction of sp³-hybridized carbons (Fsp3) is 0.611. The summed E-state index contributed by atoms with van der Waals surface area (Å²) in [6.45, 7) is 10.6. The van der Waals surface area contributed by atoms with Gasteiger partial charge >= 0.3 is 29.8 Å². The number of hydrogen-bond acceptors (Lipinski definition) is 13. The lowest BCUT2D eigenvalue weighted by atomic mass is 9.59. The van der Waals surface area contributed by atoms with E-state index in [1.54, 1.807) is 51.1 Å².